The molecule has 2 aliphatic heterocycles. The van der Waals surface area contributed by atoms with Crippen LogP contribution in [0.25, 0.3) is 0 Å². The van der Waals surface area contributed by atoms with Crippen molar-refractivity contribution in [1.29, 1.82) is 0 Å². The molecule has 2 atom stereocenters. The molecule has 0 aromatic carbocycles. The molecule has 0 radical (unpaired) electrons. The number of halogens is 6. The maximum atomic E-state index is 13.4. The fourth-order valence-electron chi connectivity index (χ4n) is 3.24. The minimum atomic E-state index is -6.09. The molecule has 0 N–H and O–H groups in total. The van der Waals surface area contributed by atoms with E-state index in [1.165, 1.54) is 6.92 Å². The number of ether oxygens (including phenoxy) is 1. The first kappa shape index (κ1) is 30.1. The maximum absolute atomic E-state index is 13.4. The number of sulfonamides is 2. The van der Waals surface area contributed by atoms with E-state index in [1.807, 2.05) is 0 Å². The fraction of sp³-hybridized carbons (Fsp3) is 0.667. The van der Waals surface area contributed by atoms with Crippen LogP contribution in [0.15, 0.2) is 23.9 Å². The minimum absolute atomic E-state index is 0.105. The van der Waals surface area contributed by atoms with Gasteiger partial charge in [-0.2, -0.15) is 43.2 Å². The molecular formula is C18H25F6N2O7S2Si+. The Morgan fingerprint density at radius 1 is 1.08 bits per heavy atom. The third kappa shape index (κ3) is 5.58. The lowest BCUT2D eigenvalue weighted by Gasteiger charge is -2.40. The second-order valence-corrected chi connectivity index (χ2v) is 17.7. The van der Waals surface area contributed by atoms with Gasteiger partial charge in [-0.15, -0.1) is 0 Å². The van der Waals surface area contributed by atoms with E-state index >= 15 is 0 Å². The zero-order valence-corrected chi connectivity index (χ0v) is 22.6. The van der Waals surface area contributed by atoms with Crippen molar-refractivity contribution in [1.82, 2.24) is 4.31 Å². The Kier molecular flexibility index (Phi) is 7.57. The molecule has 0 fully saturated rings. The molecule has 0 spiro atoms. The number of nitrogens with zero attached hydrogens (tertiary/aromatic N) is 2. The molecule has 2 unspecified atom stereocenters. The van der Waals surface area contributed by atoms with E-state index in [4.69, 9.17) is 9.16 Å². The molecule has 0 aromatic heterocycles. The molecule has 0 saturated heterocycles. The van der Waals surface area contributed by atoms with Gasteiger partial charge in [-0.3, -0.25) is 9.10 Å². The largest absolute Gasteiger partial charge is 0.560 e. The molecule has 2 aliphatic rings. The summed E-state index contributed by atoms with van der Waals surface area (Å²) in [4.78, 5) is 12.9. The number of hydrogen-bond acceptors (Lipinski definition) is 7. The Morgan fingerprint density at radius 3 is 2.06 bits per heavy atom. The molecule has 0 amide bonds. The molecule has 18 heteroatoms. The van der Waals surface area contributed by atoms with Crippen molar-refractivity contribution in [3.63, 3.8) is 0 Å². The van der Waals surface area contributed by atoms with Crippen LogP contribution in [0, 0.1) is 5.41 Å². The van der Waals surface area contributed by atoms with Crippen molar-refractivity contribution >= 4 is 40.2 Å². The highest BCUT2D eigenvalue weighted by Gasteiger charge is 2.60. The number of carbonyl (C=O) groups excluding carboxylic acids is 1. The van der Waals surface area contributed by atoms with E-state index < -0.39 is 80.9 Å². The molecule has 36 heavy (non-hydrogen) atoms. The highest BCUT2D eigenvalue weighted by atomic mass is 32.2. The molecule has 206 valence electrons. The van der Waals surface area contributed by atoms with Gasteiger partial charge in [-0.05, 0) is 52.6 Å². The lowest BCUT2D eigenvalue weighted by molar-refractivity contribution is -0.369. The monoisotopic (exact) mass is 587 g/mol. The van der Waals surface area contributed by atoms with Gasteiger partial charge in [0.05, 0.1) is 17.0 Å². The standard InChI is InChI=1S/C18H25F6N2O7S2Si/c1-11-10-26(35(30,31)18(22,23)24)14(32-11)12-7-8-25(34(28,29)17(19,20)21)13(9-12)16(2,3)15(27)33-36(4,5)6/h7-9,11,13H,10H2,1-6H3/q+1. The highest BCUT2D eigenvalue weighted by Crippen LogP contribution is 2.39. The summed E-state index contributed by atoms with van der Waals surface area (Å²) < 4.78 is 139. The van der Waals surface area contributed by atoms with Gasteiger partial charge in [-0.1, -0.05) is 3.98 Å². The van der Waals surface area contributed by atoms with Crippen LogP contribution in [0.5, 0.6) is 0 Å². The molecule has 2 rings (SSSR count). The summed E-state index contributed by atoms with van der Waals surface area (Å²) in [6.45, 7) is 7.47. The normalized spacial score (nSPS) is 22.4. The Labute approximate surface area is 205 Å². The predicted octanol–water partition coefficient (Wildman–Crippen LogP) is 3.04. The van der Waals surface area contributed by atoms with Gasteiger partial charge in [0.1, 0.15) is 0 Å². The second-order valence-electron chi connectivity index (χ2n) is 9.60. The highest BCUT2D eigenvalue weighted by molar-refractivity contribution is 7.90. The van der Waals surface area contributed by atoms with E-state index in [1.54, 1.807) is 19.6 Å². The van der Waals surface area contributed by atoms with Gasteiger partial charge >= 0.3 is 42.9 Å². The summed E-state index contributed by atoms with van der Waals surface area (Å²) in [6.07, 6.45) is 0.712. The third-order valence-electron chi connectivity index (χ3n) is 5.04. The molecule has 0 aromatic rings. The topological polar surface area (TPSA) is 110 Å². The van der Waals surface area contributed by atoms with Crippen molar-refractivity contribution in [2.45, 2.75) is 63.6 Å². The van der Waals surface area contributed by atoms with Crippen LogP contribution in [0.4, 0.5) is 26.3 Å². The Hall–Kier alpha value is -2.08. The number of carbonyl (C=O) groups is 1. The number of hydrogen-bond donors (Lipinski definition) is 0. The average molecular weight is 588 g/mol. The SMILES string of the molecule is CC1C[N+](S(=O)(=O)C(F)(F)F)=C(C2=CC(C(C)(C)C(=O)O[Si](C)(C)C)N(S(=O)(=O)C(F)(F)F)C=C2)O1. The Morgan fingerprint density at radius 2 is 1.61 bits per heavy atom. The molecule has 0 saturated carbocycles. The van der Waals surface area contributed by atoms with Crippen LogP contribution in [0.2, 0.25) is 19.6 Å². The molecular weight excluding hydrogens is 562 g/mol. The number of alkyl halides is 6. The minimum Gasteiger partial charge on any atom is -0.519 e. The third-order valence-corrected chi connectivity index (χ3v) is 8.81. The van der Waals surface area contributed by atoms with Crippen molar-refractivity contribution in [3.05, 3.63) is 23.9 Å². The van der Waals surface area contributed by atoms with Gasteiger partial charge in [0.25, 0.3) is 0 Å². The van der Waals surface area contributed by atoms with E-state index in [9.17, 15) is 48.0 Å². The summed E-state index contributed by atoms with van der Waals surface area (Å²) >= 11 is 0. The smallest absolute Gasteiger partial charge is 0.519 e. The summed E-state index contributed by atoms with van der Waals surface area (Å²) in [7, 11) is -14.7. The fourth-order valence-corrected chi connectivity index (χ4v) is 6.17. The zero-order valence-electron chi connectivity index (χ0n) is 19.9. The predicted molar refractivity (Wildman–Crippen MR) is 117 cm³/mol. The molecule has 9 nitrogen and oxygen atoms in total. The molecule has 0 aliphatic carbocycles. The first-order chi connectivity index (χ1) is 15.8. The summed E-state index contributed by atoms with van der Waals surface area (Å²) in [5, 5.41) is 0. The van der Waals surface area contributed by atoms with E-state index in [0.29, 0.717) is 12.3 Å². The van der Waals surface area contributed by atoms with E-state index in [-0.39, 0.29) is 8.29 Å². The van der Waals surface area contributed by atoms with Gasteiger partial charge in [0.2, 0.25) is 14.9 Å². The van der Waals surface area contributed by atoms with E-state index in [2.05, 4.69) is 0 Å². The summed E-state index contributed by atoms with van der Waals surface area (Å²) in [5.74, 6) is -1.94. The van der Waals surface area contributed by atoms with Crippen molar-refractivity contribution in [3.8, 4) is 0 Å². The summed E-state index contributed by atoms with van der Waals surface area (Å²) in [6, 6.07) is -1.98. The van der Waals surface area contributed by atoms with Gasteiger partial charge in [-0.25, -0.2) is 0 Å². The van der Waals surface area contributed by atoms with Crippen molar-refractivity contribution < 1.29 is 61.1 Å². The van der Waals surface area contributed by atoms with Crippen LogP contribution < -0.4 is 0 Å². The van der Waals surface area contributed by atoms with Crippen molar-refractivity contribution in [2.75, 3.05) is 6.54 Å². The van der Waals surface area contributed by atoms with Crippen LogP contribution in [-0.2, 0) is 34.0 Å². The molecule has 0 bridgehead atoms. The Bertz CT molecular complexity index is 1230. The van der Waals surface area contributed by atoms with Crippen LogP contribution in [0.3, 0.4) is 0 Å². The Balaban J connectivity index is 2.77. The summed E-state index contributed by atoms with van der Waals surface area (Å²) in [5.41, 5.74) is -14.0. The second kappa shape index (κ2) is 9.04. The lowest BCUT2D eigenvalue weighted by atomic mass is 9.82. The number of rotatable bonds is 6. The van der Waals surface area contributed by atoms with Crippen LogP contribution in [0.1, 0.15) is 20.8 Å². The lowest BCUT2D eigenvalue weighted by Crippen LogP contribution is -2.54. The first-order valence-corrected chi connectivity index (χ1v) is 16.5. The molecule has 2 heterocycles. The average Bonchev–Trinajstić information content (AvgIpc) is 3.06. The van der Waals surface area contributed by atoms with Gasteiger partial charge < -0.3 is 9.16 Å². The maximum Gasteiger partial charge on any atom is 0.560 e. The first-order valence-electron chi connectivity index (χ1n) is 10.2. The van der Waals surface area contributed by atoms with E-state index in [0.717, 1.165) is 19.9 Å². The van der Waals surface area contributed by atoms with Crippen LogP contribution in [-0.4, -0.2) is 75.0 Å². The van der Waals surface area contributed by atoms with Crippen LogP contribution >= 0.6 is 0 Å². The quantitative estimate of drug-likeness (QED) is 0.267. The van der Waals surface area contributed by atoms with Gasteiger partial charge in [0.15, 0.2) is 6.10 Å². The zero-order chi connectivity index (χ0) is 28.3. The van der Waals surface area contributed by atoms with Gasteiger partial charge in [0, 0.05) is 6.20 Å². The van der Waals surface area contributed by atoms with Crippen molar-refractivity contribution in [2.24, 2.45) is 5.41 Å².